The third kappa shape index (κ3) is 3.87. The summed E-state index contributed by atoms with van der Waals surface area (Å²) in [6, 6.07) is 1.69. The molecule has 2 aliphatic carbocycles. The van der Waals surface area contributed by atoms with Gasteiger partial charge in [0.25, 0.3) is 0 Å². The molecule has 0 heterocycles. The smallest absolute Gasteiger partial charge is 0.317 e. The van der Waals surface area contributed by atoms with Crippen LogP contribution in [0, 0.1) is 0 Å². The predicted octanol–water partition coefficient (Wildman–Crippen LogP) is 2.10. The van der Waals surface area contributed by atoms with Crippen LogP contribution < -0.4 is 10.6 Å². The molecule has 0 saturated heterocycles. The molecule has 0 atom stereocenters. The number of hydrogen-bond acceptors (Lipinski definition) is 2. The normalized spacial score (nSPS) is 27.9. The van der Waals surface area contributed by atoms with Crippen LogP contribution in [-0.4, -0.2) is 42.6 Å². The van der Waals surface area contributed by atoms with Crippen molar-refractivity contribution < 1.29 is 4.79 Å². The number of urea groups is 1. The average molecular weight is 253 g/mol. The third-order valence-corrected chi connectivity index (χ3v) is 4.15. The van der Waals surface area contributed by atoms with Crippen LogP contribution in [0.25, 0.3) is 0 Å². The van der Waals surface area contributed by atoms with Gasteiger partial charge in [-0.15, -0.1) is 0 Å². The first kappa shape index (κ1) is 13.7. The highest BCUT2D eigenvalue weighted by Crippen LogP contribution is 2.24. The predicted molar refractivity (Wildman–Crippen MR) is 73.7 cm³/mol. The Hall–Kier alpha value is -0.770. The second-order valence-corrected chi connectivity index (χ2v) is 5.79. The number of nitrogens with zero attached hydrogens (tertiary/aromatic N) is 1. The number of hydrogen-bond donors (Lipinski definition) is 2. The Kier molecular flexibility index (Phi) is 4.87. The molecule has 18 heavy (non-hydrogen) atoms. The first-order valence-corrected chi connectivity index (χ1v) is 7.47. The van der Waals surface area contributed by atoms with Crippen LogP contribution in [0.3, 0.4) is 0 Å². The van der Waals surface area contributed by atoms with Crippen molar-refractivity contribution in [1.82, 2.24) is 15.5 Å². The molecule has 0 radical (unpaired) electrons. The Morgan fingerprint density at radius 3 is 2.28 bits per heavy atom. The molecular formula is C14H27N3O. The minimum absolute atomic E-state index is 0.127. The van der Waals surface area contributed by atoms with Gasteiger partial charge in [-0.1, -0.05) is 6.92 Å². The van der Waals surface area contributed by atoms with E-state index < -0.39 is 0 Å². The highest BCUT2D eigenvalue weighted by atomic mass is 16.2. The largest absolute Gasteiger partial charge is 0.335 e. The van der Waals surface area contributed by atoms with Crippen LogP contribution in [0.5, 0.6) is 0 Å². The zero-order chi connectivity index (χ0) is 13.0. The molecule has 0 aliphatic heterocycles. The minimum Gasteiger partial charge on any atom is -0.335 e. The molecule has 2 N–H and O–H groups in total. The maximum absolute atomic E-state index is 11.9. The number of amides is 2. The van der Waals surface area contributed by atoms with Gasteiger partial charge in [-0.2, -0.15) is 0 Å². The Morgan fingerprint density at radius 2 is 1.72 bits per heavy atom. The number of carbonyl (C=O) groups is 1. The average Bonchev–Trinajstić information content (AvgIpc) is 3.20. The van der Waals surface area contributed by atoms with Crippen LogP contribution in [-0.2, 0) is 0 Å². The second kappa shape index (κ2) is 6.41. The second-order valence-electron chi connectivity index (χ2n) is 5.79. The molecule has 2 amide bonds. The fourth-order valence-electron chi connectivity index (χ4n) is 2.69. The van der Waals surface area contributed by atoms with E-state index in [2.05, 4.69) is 17.6 Å². The Labute approximate surface area is 110 Å². The SMILES string of the molecule is CCCNC1CCC(N(C)C(=O)NC2CC2)CC1. The van der Waals surface area contributed by atoms with Gasteiger partial charge in [-0.25, -0.2) is 4.79 Å². The summed E-state index contributed by atoms with van der Waals surface area (Å²) in [6.07, 6.45) is 8.19. The van der Waals surface area contributed by atoms with Crippen LogP contribution in [0.2, 0.25) is 0 Å². The molecule has 0 aromatic rings. The van der Waals surface area contributed by atoms with E-state index in [1.165, 1.54) is 19.3 Å². The van der Waals surface area contributed by atoms with Crippen molar-refractivity contribution in [2.45, 2.75) is 70.0 Å². The summed E-state index contributed by atoms with van der Waals surface area (Å²) in [5.41, 5.74) is 0. The van der Waals surface area contributed by atoms with E-state index in [1.54, 1.807) is 0 Å². The molecule has 0 unspecified atom stereocenters. The number of carbonyl (C=O) groups excluding carboxylic acids is 1. The van der Waals surface area contributed by atoms with Gasteiger partial charge in [0.1, 0.15) is 0 Å². The molecule has 0 spiro atoms. The van der Waals surface area contributed by atoms with Crippen molar-refractivity contribution in [1.29, 1.82) is 0 Å². The Balaban J connectivity index is 1.69. The summed E-state index contributed by atoms with van der Waals surface area (Å²) >= 11 is 0. The molecule has 0 aromatic heterocycles. The van der Waals surface area contributed by atoms with Crippen LogP contribution >= 0.6 is 0 Å². The van der Waals surface area contributed by atoms with Crippen molar-refractivity contribution in [3.63, 3.8) is 0 Å². The summed E-state index contributed by atoms with van der Waals surface area (Å²) in [4.78, 5) is 13.9. The van der Waals surface area contributed by atoms with E-state index in [-0.39, 0.29) is 6.03 Å². The van der Waals surface area contributed by atoms with Gasteiger partial charge >= 0.3 is 6.03 Å². The summed E-state index contributed by atoms with van der Waals surface area (Å²) in [5.74, 6) is 0. The highest BCUT2D eigenvalue weighted by Gasteiger charge is 2.29. The Morgan fingerprint density at radius 1 is 1.11 bits per heavy atom. The lowest BCUT2D eigenvalue weighted by Crippen LogP contribution is -2.47. The summed E-state index contributed by atoms with van der Waals surface area (Å²) in [5, 5.41) is 6.65. The minimum atomic E-state index is 0.127. The maximum atomic E-state index is 11.9. The van der Waals surface area contributed by atoms with Crippen molar-refractivity contribution in [3.05, 3.63) is 0 Å². The lowest BCUT2D eigenvalue weighted by Gasteiger charge is -2.35. The summed E-state index contributed by atoms with van der Waals surface area (Å²) in [6.45, 7) is 3.32. The monoisotopic (exact) mass is 253 g/mol. The van der Waals surface area contributed by atoms with E-state index in [0.29, 0.717) is 18.1 Å². The third-order valence-electron chi connectivity index (χ3n) is 4.15. The van der Waals surface area contributed by atoms with E-state index in [4.69, 9.17) is 0 Å². The van der Waals surface area contributed by atoms with Crippen molar-refractivity contribution >= 4 is 6.03 Å². The molecular weight excluding hydrogens is 226 g/mol. The van der Waals surface area contributed by atoms with Crippen LogP contribution in [0.15, 0.2) is 0 Å². The molecule has 2 saturated carbocycles. The molecule has 104 valence electrons. The van der Waals surface area contributed by atoms with Gasteiger partial charge in [-0.3, -0.25) is 0 Å². The van der Waals surface area contributed by atoms with Gasteiger partial charge in [-0.05, 0) is 51.5 Å². The number of nitrogens with one attached hydrogen (secondary N) is 2. The fraction of sp³-hybridized carbons (Fsp3) is 0.929. The maximum Gasteiger partial charge on any atom is 0.317 e. The van der Waals surface area contributed by atoms with Gasteiger partial charge in [0, 0.05) is 25.2 Å². The van der Waals surface area contributed by atoms with Crippen LogP contribution in [0.1, 0.15) is 51.9 Å². The van der Waals surface area contributed by atoms with Gasteiger partial charge < -0.3 is 15.5 Å². The summed E-state index contributed by atoms with van der Waals surface area (Å²) < 4.78 is 0. The van der Waals surface area contributed by atoms with Gasteiger partial charge in [0.2, 0.25) is 0 Å². The molecule has 4 nitrogen and oxygen atoms in total. The first-order valence-electron chi connectivity index (χ1n) is 7.47. The fourth-order valence-corrected chi connectivity index (χ4v) is 2.69. The molecule has 0 bridgehead atoms. The van der Waals surface area contributed by atoms with Crippen molar-refractivity contribution in [2.75, 3.05) is 13.6 Å². The lowest BCUT2D eigenvalue weighted by molar-refractivity contribution is 0.165. The topological polar surface area (TPSA) is 44.4 Å². The molecule has 2 fully saturated rings. The lowest BCUT2D eigenvalue weighted by atomic mass is 9.90. The van der Waals surface area contributed by atoms with E-state index in [9.17, 15) is 4.79 Å². The van der Waals surface area contributed by atoms with Crippen molar-refractivity contribution in [2.24, 2.45) is 0 Å². The highest BCUT2D eigenvalue weighted by molar-refractivity contribution is 5.74. The van der Waals surface area contributed by atoms with E-state index >= 15 is 0 Å². The van der Waals surface area contributed by atoms with Crippen molar-refractivity contribution in [3.8, 4) is 0 Å². The standard InChI is InChI=1S/C14H27N3O/c1-3-10-15-11-6-8-13(9-7-11)17(2)14(18)16-12-4-5-12/h11-13,15H,3-10H2,1-2H3,(H,16,18). The van der Waals surface area contributed by atoms with E-state index in [0.717, 1.165) is 32.2 Å². The molecule has 2 aliphatic rings. The summed E-state index contributed by atoms with van der Waals surface area (Å²) in [7, 11) is 1.95. The van der Waals surface area contributed by atoms with Crippen LogP contribution in [0.4, 0.5) is 4.79 Å². The van der Waals surface area contributed by atoms with Gasteiger partial charge in [0.05, 0.1) is 0 Å². The molecule has 0 aromatic carbocycles. The Bertz CT molecular complexity index is 270. The molecule has 2 rings (SSSR count). The number of rotatable bonds is 5. The van der Waals surface area contributed by atoms with E-state index in [1.807, 2.05) is 11.9 Å². The zero-order valence-electron chi connectivity index (χ0n) is 11.7. The van der Waals surface area contributed by atoms with Gasteiger partial charge in [0.15, 0.2) is 0 Å². The first-order chi connectivity index (χ1) is 8.70. The molecule has 4 heteroatoms. The quantitative estimate of drug-likeness (QED) is 0.788. The zero-order valence-corrected chi connectivity index (χ0v) is 11.7.